The van der Waals surface area contributed by atoms with Gasteiger partial charge in [-0.3, -0.25) is 0 Å². The van der Waals surface area contributed by atoms with Crippen molar-refractivity contribution in [1.29, 1.82) is 0 Å². The molecule has 0 radical (unpaired) electrons. The Hall–Kier alpha value is -1.34. The van der Waals surface area contributed by atoms with Crippen molar-refractivity contribution in [2.24, 2.45) is 0 Å². The summed E-state index contributed by atoms with van der Waals surface area (Å²) in [6, 6.07) is 2.93. The highest BCUT2D eigenvalue weighted by atomic mass is 32.2. The monoisotopic (exact) mass is 372 g/mol. The molecular weight excluding hydrogens is 344 g/mol. The molecule has 0 bridgehead atoms. The van der Waals surface area contributed by atoms with Crippen LogP contribution in [0.2, 0.25) is 18.1 Å². The number of carbonyl (C=O) groups excluding carboxylic acids is 1. The second-order valence-electron chi connectivity index (χ2n) is 7.40. The molecule has 1 aromatic carbocycles. The van der Waals surface area contributed by atoms with Crippen molar-refractivity contribution >= 4 is 24.1 Å². The topological polar surface area (TPSA) is 69.7 Å². The van der Waals surface area contributed by atoms with E-state index in [0.717, 1.165) is 6.26 Å². The first-order valence-electron chi connectivity index (χ1n) is 7.89. The summed E-state index contributed by atoms with van der Waals surface area (Å²) in [6.07, 6.45) is 1.58. The van der Waals surface area contributed by atoms with E-state index in [9.17, 15) is 13.2 Å². The van der Waals surface area contributed by atoms with Gasteiger partial charge in [-0.05, 0) is 36.7 Å². The van der Waals surface area contributed by atoms with Crippen LogP contribution in [-0.2, 0) is 20.7 Å². The zero-order chi connectivity index (χ0) is 18.9. The number of methoxy groups -OCH3 is 1. The Kier molecular flexibility index (Phi) is 5.93. The van der Waals surface area contributed by atoms with Crippen LogP contribution < -0.4 is 4.74 Å². The van der Waals surface area contributed by atoms with Gasteiger partial charge in [-0.1, -0.05) is 27.7 Å². The molecule has 0 amide bonds. The minimum Gasteiger partial charge on any atom is -0.516 e. The van der Waals surface area contributed by atoms with Crippen LogP contribution in [0.15, 0.2) is 17.0 Å². The van der Waals surface area contributed by atoms with E-state index in [1.54, 1.807) is 0 Å². The van der Waals surface area contributed by atoms with Crippen molar-refractivity contribution in [2.45, 2.75) is 57.1 Å². The standard InChI is InChI=1S/C17H28O5SSi/c1-9-12-14(23(6,19)20)11-10-13(15(12)21-5)16(18)22-24(7,8)17(2,3)4/h10-11H,9H2,1-8H3. The summed E-state index contributed by atoms with van der Waals surface area (Å²) in [5.74, 6) is -0.183. The average Bonchev–Trinajstić information content (AvgIpc) is 2.42. The molecule has 136 valence electrons. The smallest absolute Gasteiger partial charge is 0.328 e. The van der Waals surface area contributed by atoms with E-state index in [-0.39, 0.29) is 21.2 Å². The quantitative estimate of drug-likeness (QED) is 0.735. The first-order valence-corrected chi connectivity index (χ1v) is 12.7. The van der Waals surface area contributed by atoms with Crippen molar-refractivity contribution in [3.8, 4) is 5.75 Å². The van der Waals surface area contributed by atoms with E-state index in [0.29, 0.717) is 12.0 Å². The molecule has 0 heterocycles. The molecule has 0 unspecified atom stereocenters. The Morgan fingerprint density at radius 1 is 1.21 bits per heavy atom. The van der Waals surface area contributed by atoms with E-state index < -0.39 is 24.1 Å². The molecule has 1 rings (SSSR count). The minimum absolute atomic E-state index is 0.115. The molecule has 0 spiro atoms. The maximum atomic E-state index is 12.7. The van der Waals surface area contributed by atoms with Crippen molar-refractivity contribution in [2.75, 3.05) is 13.4 Å². The summed E-state index contributed by atoms with van der Waals surface area (Å²) in [5.41, 5.74) is 0.774. The van der Waals surface area contributed by atoms with E-state index in [1.165, 1.54) is 19.2 Å². The molecule has 0 saturated carbocycles. The average molecular weight is 373 g/mol. The lowest BCUT2D eigenvalue weighted by atomic mass is 10.1. The van der Waals surface area contributed by atoms with Gasteiger partial charge < -0.3 is 9.16 Å². The van der Waals surface area contributed by atoms with Gasteiger partial charge in [0, 0.05) is 11.8 Å². The van der Waals surface area contributed by atoms with Crippen LogP contribution in [0.1, 0.15) is 43.6 Å². The summed E-state index contributed by atoms with van der Waals surface area (Å²) in [4.78, 5) is 12.9. The van der Waals surface area contributed by atoms with Crippen LogP contribution in [0.5, 0.6) is 5.75 Å². The molecule has 0 aliphatic carbocycles. The summed E-state index contributed by atoms with van der Waals surface area (Å²) in [5, 5.41) is -0.115. The minimum atomic E-state index is -3.40. The highest BCUT2D eigenvalue weighted by molar-refractivity contribution is 7.90. The fourth-order valence-electron chi connectivity index (χ4n) is 2.13. The maximum Gasteiger partial charge on any atom is 0.328 e. The van der Waals surface area contributed by atoms with E-state index in [4.69, 9.17) is 9.16 Å². The van der Waals surface area contributed by atoms with Gasteiger partial charge in [0.05, 0.1) is 12.0 Å². The van der Waals surface area contributed by atoms with Crippen LogP contribution in [0.3, 0.4) is 0 Å². The van der Waals surface area contributed by atoms with Gasteiger partial charge in [0.25, 0.3) is 8.32 Å². The Morgan fingerprint density at radius 2 is 1.75 bits per heavy atom. The molecule has 1 aromatic rings. The number of ether oxygens (including phenoxy) is 1. The molecule has 0 N–H and O–H groups in total. The summed E-state index contributed by atoms with van der Waals surface area (Å²) in [6.45, 7) is 12.0. The molecule has 5 nitrogen and oxygen atoms in total. The first kappa shape index (κ1) is 20.7. The van der Waals surface area contributed by atoms with Gasteiger partial charge >= 0.3 is 5.97 Å². The van der Waals surface area contributed by atoms with Gasteiger partial charge in [0.1, 0.15) is 11.3 Å². The lowest BCUT2D eigenvalue weighted by Crippen LogP contribution is -2.42. The highest BCUT2D eigenvalue weighted by Crippen LogP contribution is 2.38. The lowest BCUT2D eigenvalue weighted by Gasteiger charge is -2.35. The maximum absolute atomic E-state index is 12.7. The Balaban J connectivity index is 3.44. The van der Waals surface area contributed by atoms with Gasteiger partial charge in [0.2, 0.25) is 0 Å². The Bertz CT molecular complexity index is 730. The van der Waals surface area contributed by atoms with Gasteiger partial charge in [0.15, 0.2) is 9.84 Å². The molecule has 0 atom stereocenters. The second kappa shape index (κ2) is 6.88. The van der Waals surface area contributed by atoms with E-state index in [2.05, 4.69) is 0 Å². The molecule has 24 heavy (non-hydrogen) atoms. The van der Waals surface area contributed by atoms with Crippen LogP contribution >= 0.6 is 0 Å². The molecular formula is C17H28O5SSi. The zero-order valence-corrected chi connectivity index (χ0v) is 17.6. The Labute approximate surface area is 146 Å². The van der Waals surface area contributed by atoms with Gasteiger partial charge in [-0.2, -0.15) is 0 Å². The number of sulfone groups is 1. The number of benzene rings is 1. The predicted molar refractivity (Wildman–Crippen MR) is 98.1 cm³/mol. The molecule has 0 aromatic heterocycles. The van der Waals surface area contributed by atoms with Crippen LogP contribution in [-0.4, -0.2) is 36.1 Å². The third-order valence-corrected chi connectivity index (χ3v) is 10.0. The second-order valence-corrected chi connectivity index (χ2v) is 14.1. The van der Waals surface area contributed by atoms with Crippen molar-refractivity contribution in [3.63, 3.8) is 0 Å². The van der Waals surface area contributed by atoms with Crippen molar-refractivity contribution in [1.82, 2.24) is 0 Å². The number of hydrogen-bond acceptors (Lipinski definition) is 5. The van der Waals surface area contributed by atoms with Crippen molar-refractivity contribution < 1.29 is 22.4 Å². The molecule has 0 saturated heterocycles. The third-order valence-electron chi connectivity index (χ3n) is 4.55. The van der Waals surface area contributed by atoms with Crippen LogP contribution in [0, 0.1) is 0 Å². The number of carbonyl (C=O) groups is 1. The summed E-state index contributed by atoms with van der Waals surface area (Å²) in [7, 11) is -4.26. The molecule has 0 aliphatic heterocycles. The summed E-state index contributed by atoms with van der Waals surface area (Å²) < 4.78 is 35.1. The SMILES string of the molecule is CCc1c(S(C)(=O)=O)ccc(C(=O)O[Si](C)(C)C(C)(C)C)c1OC. The normalized spacial score (nSPS) is 12.8. The lowest BCUT2D eigenvalue weighted by molar-refractivity contribution is 0.0708. The van der Waals surface area contributed by atoms with E-state index in [1.807, 2.05) is 40.8 Å². The fourth-order valence-corrected chi connectivity index (χ4v) is 4.01. The molecule has 0 aliphatic rings. The third kappa shape index (κ3) is 4.19. The summed E-state index contributed by atoms with van der Waals surface area (Å²) >= 11 is 0. The number of rotatable bonds is 5. The van der Waals surface area contributed by atoms with Gasteiger partial charge in [-0.25, -0.2) is 13.2 Å². The fraction of sp³-hybridized carbons (Fsp3) is 0.588. The Morgan fingerprint density at radius 3 is 2.12 bits per heavy atom. The van der Waals surface area contributed by atoms with Gasteiger partial charge in [-0.15, -0.1) is 0 Å². The van der Waals surface area contributed by atoms with E-state index >= 15 is 0 Å². The van der Waals surface area contributed by atoms with Crippen LogP contribution in [0.4, 0.5) is 0 Å². The first-order chi connectivity index (χ1) is 10.8. The van der Waals surface area contributed by atoms with Crippen LogP contribution in [0.25, 0.3) is 0 Å². The predicted octanol–water partition coefficient (Wildman–Crippen LogP) is 3.82. The molecule has 0 fully saturated rings. The highest BCUT2D eigenvalue weighted by Gasteiger charge is 2.41. The largest absolute Gasteiger partial charge is 0.516 e. The zero-order valence-electron chi connectivity index (χ0n) is 15.8. The van der Waals surface area contributed by atoms with Crippen molar-refractivity contribution in [3.05, 3.63) is 23.3 Å². The molecule has 7 heteroatoms. The number of hydrogen-bond donors (Lipinski definition) is 0.